The van der Waals surface area contributed by atoms with Crippen LogP contribution in [0, 0.1) is 0 Å². The summed E-state index contributed by atoms with van der Waals surface area (Å²) in [6, 6.07) is 0. The molecule has 88 valence electrons. The summed E-state index contributed by atoms with van der Waals surface area (Å²) in [6.07, 6.45) is -1.89. The van der Waals surface area contributed by atoms with Gasteiger partial charge in [0.05, 0.1) is 6.20 Å². The second-order valence-corrected chi connectivity index (χ2v) is 4.08. The van der Waals surface area contributed by atoms with Gasteiger partial charge >= 0.3 is 12.1 Å². The fraction of sp³-hybridized carbons (Fsp3) is 0.286. The summed E-state index contributed by atoms with van der Waals surface area (Å²) < 4.78 is 35.9. The molecule has 1 rings (SSSR count). The van der Waals surface area contributed by atoms with E-state index in [4.69, 9.17) is 0 Å². The van der Waals surface area contributed by atoms with Crippen LogP contribution in [0.2, 0.25) is 0 Å². The zero-order valence-corrected chi connectivity index (χ0v) is 10.2. The molecule has 0 aliphatic heterocycles. The van der Waals surface area contributed by atoms with Crippen LogP contribution in [0.5, 0.6) is 0 Å². The number of hydrogen-bond donors (Lipinski definition) is 1. The van der Waals surface area contributed by atoms with E-state index in [1.165, 1.54) is 18.0 Å². The van der Waals surface area contributed by atoms with E-state index in [0.29, 0.717) is 5.03 Å². The summed E-state index contributed by atoms with van der Waals surface area (Å²) >= 11 is 4.09. The first kappa shape index (κ1) is 13.2. The van der Waals surface area contributed by atoms with Gasteiger partial charge in [0, 0.05) is 0 Å². The van der Waals surface area contributed by atoms with E-state index in [2.05, 4.69) is 25.9 Å². The molecule has 1 aromatic heterocycles. The highest BCUT2D eigenvalue weighted by molar-refractivity contribution is 9.10. The highest BCUT2D eigenvalue weighted by Gasteiger charge is 2.39. The maximum atomic E-state index is 12.0. The molecule has 0 saturated heterocycles. The van der Waals surface area contributed by atoms with E-state index < -0.39 is 12.1 Å². The van der Waals surface area contributed by atoms with Gasteiger partial charge in [-0.25, -0.2) is 9.97 Å². The molecule has 1 aromatic rings. The number of rotatable bonds is 2. The monoisotopic (exact) mass is 315 g/mol. The lowest BCUT2D eigenvalue weighted by Gasteiger charge is -2.08. The summed E-state index contributed by atoms with van der Waals surface area (Å²) in [5, 5.41) is 2.03. The summed E-state index contributed by atoms with van der Waals surface area (Å²) in [6.45, 7) is 0. The predicted octanol–water partition coefficient (Wildman–Crippen LogP) is 2.46. The van der Waals surface area contributed by atoms with Crippen LogP contribution in [0.1, 0.15) is 0 Å². The molecule has 0 aliphatic rings. The van der Waals surface area contributed by atoms with Crippen molar-refractivity contribution in [2.45, 2.75) is 11.2 Å². The molecule has 1 amide bonds. The lowest BCUT2D eigenvalue weighted by molar-refractivity contribution is -0.167. The number of nitrogens with one attached hydrogen (secondary N) is 1. The zero-order valence-electron chi connectivity index (χ0n) is 7.80. The molecule has 9 heteroatoms. The van der Waals surface area contributed by atoms with Gasteiger partial charge < -0.3 is 5.32 Å². The van der Waals surface area contributed by atoms with Crippen molar-refractivity contribution < 1.29 is 18.0 Å². The number of aromatic nitrogens is 2. The van der Waals surface area contributed by atoms with Gasteiger partial charge in [-0.3, -0.25) is 4.79 Å². The van der Waals surface area contributed by atoms with Crippen LogP contribution in [0.4, 0.5) is 19.0 Å². The Labute approximate surface area is 101 Å². The first-order valence-corrected chi connectivity index (χ1v) is 5.81. The standard InChI is InChI=1S/C7H5BrF3N3OS/c1-16-3-2-12-4(8)5(13-3)14-6(15)7(9,10)11/h2H,1H3,(H,13,14,15). The largest absolute Gasteiger partial charge is 0.471 e. The third-order valence-corrected chi connectivity index (χ3v) is 2.60. The van der Waals surface area contributed by atoms with E-state index in [1.807, 2.05) is 0 Å². The topological polar surface area (TPSA) is 54.9 Å². The lowest BCUT2D eigenvalue weighted by atomic mass is 10.5. The first-order valence-electron chi connectivity index (χ1n) is 3.79. The Morgan fingerprint density at radius 3 is 2.69 bits per heavy atom. The molecule has 0 aliphatic carbocycles. The SMILES string of the molecule is CSc1cnc(Br)c(NC(=O)C(F)(F)F)n1. The minimum absolute atomic E-state index is 0.0444. The van der Waals surface area contributed by atoms with Gasteiger partial charge in [-0.05, 0) is 22.2 Å². The van der Waals surface area contributed by atoms with Crippen LogP contribution in [0.3, 0.4) is 0 Å². The first-order chi connectivity index (χ1) is 7.34. The van der Waals surface area contributed by atoms with Gasteiger partial charge in [-0.2, -0.15) is 13.2 Å². The number of amides is 1. The number of alkyl halides is 3. The maximum Gasteiger partial charge on any atom is 0.471 e. The second-order valence-electron chi connectivity index (χ2n) is 2.50. The van der Waals surface area contributed by atoms with Crippen molar-refractivity contribution in [2.24, 2.45) is 0 Å². The van der Waals surface area contributed by atoms with E-state index in [9.17, 15) is 18.0 Å². The average Bonchev–Trinajstić information content (AvgIpc) is 2.19. The molecule has 4 nitrogen and oxygen atoms in total. The lowest BCUT2D eigenvalue weighted by Crippen LogP contribution is -2.30. The molecule has 1 heterocycles. The van der Waals surface area contributed by atoms with Gasteiger partial charge in [0.2, 0.25) is 0 Å². The molecule has 0 radical (unpaired) electrons. The number of carbonyl (C=O) groups is 1. The molecule has 0 saturated carbocycles. The third kappa shape index (κ3) is 3.34. The number of thioether (sulfide) groups is 1. The molecule has 0 bridgehead atoms. The molecular weight excluding hydrogens is 311 g/mol. The van der Waals surface area contributed by atoms with Crippen molar-refractivity contribution in [1.29, 1.82) is 0 Å². The zero-order chi connectivity index (χ0) is 12.3. The molecule has 0 unspecified atom stereocenters. The fourth-order valence-corrected chi connectivity index (χ4v) is 1.35. The summed E-state index contributed by atoms with van der Waals surface area (Å²) in [4.78, 5) is 18.2. The molecule has 1 N–H and O–H groups in total. The van der Waals surface area contributed by atoms with Gasteiger partial charge in [0.1, 0.15) is 9.63 Å². The van der Waals surface area contributed by atoms with Crippen LogP contribution >= 0.6 is 27.7 Å². The third-order valence-electron chi connectivity index (χ3n) is 1.40. The molecule has 0 aromatic carbocycles. The Balaban J connectivity index is 2.92. The van der Waals surface area contributed by atoms with E-state index >= 15 is 0 Å². The smallest absolute Gasteiger partial charge is 0.300 e. The van der Waals surface area contributed by atoms with Crippen LogP contribution < -0.4 is 5.32 Å². The Kier molecular flexibility index (Phi) is 4.14. The van der Waals surface area contributed by atoms with Gasteiger partial charge in [0.15, 0.2) is 5.82 Å². The second kappa shape index (κ2) is 5.00. The van der Waals surface area contributed by atoms with Gasteiger partial charge in [-0.1, -0.05) is 0 Å². The van der Waals surface area contributed by atoms with Gasteiger partial charge in [0.25, 0.3) is 0 Å². The summed E-state index contributed by atoms with van der Waals surface area (Å²) in [5.74, 6) is -2.34. The minimum Gasteiger partial charge on any atom is -0.300 e. The van der Waals surface area contributed by atoms with Crippen LogP contribution in [-0.4, -0.2) is 28.3 Å². The number of halogens is 4. The van der Waals surface area contributed by atoms with Crippen molar-refractivity contribution in [2.75, 3.05) is 11.6 Å². The number of carbonyl (C=O) groups excluding carboxylic acids is 1. The maximum absolute atomic E-state index is 12.0. The summed E-state index contributed by atoms with van der Waals surface area (Å²) in [5.41, 5.74) is 0. The Hall–Kier alpha value is -0.830. The highest BCUT2D eigenvalue weighted by atomic mass is 79.9. The van der Waals surface area contributed by atoms with Crippen molar-refractivity contribution in [1.82, 2.24) is 9.97 Å². The Bertz CT molecular complexity index is 412. The van der Waals surface area contributed by atoms with E-state index in [0.717, 1.165) is 0 Å². The quantitative estimate of drug-likeness (QED) is 0.852. The van der Waals surface area contributed by atoms with Crippen molar-refractivity contribution in [3.05, 3.63) is 10.8 Å². The average molecular weight is 316 g/mol. The Morgan fingerprint density at radius 1 is 1.56 bits per heavy atom. The van der Waals surface area contributed by atoms with Crippen molar-refractivity contribution in [3.8, 4) is 0 Å². The minimum atomic E-state index is -4.95. The number of nitrogens with zero attached hydrogens (tertiary/aromatic N) is 2. The molecule has 0 fully saturated rings. The fourth-order valence-electron chi connectivity index (χ4n) is 0.715. The van der Waals surface area contributed by atoms with Crippen LogP contribution in [0.25, 0.3) is 0 Å². The summed E-state index contributed by atoms with van der Waals surface area (Å²) in [7, 11) is 0. The van der Waals surface area contributed by atoms with E-state index in [1.54, 1.807) is 11.6 Å². The van der Waals surface area contributed by atoms with Crippen LogP contribution in [0.15, 0.2) is 15.8 Å². The predicted molar refractivity (Wildman–Crippen MR) is 56.2 cm³/mol. The van der Waals surface area contributed by atoms with Crippen LogP contribution in [-0.2, 0) is 4.79 Å². The van der Waals surface area contributed by atoms with E-state index in [-0.39, 0.29) is 10.4 Å². The highest BCUT2D eigenvalue weighted by Crippen LogP contribution is 2.23. The molecule has 0 atom stereocenters. The molecule has 0 spiro atoms. The van der Waals surface area contributed by atoms with Gasteiger partial charge in [-0.15, -0.1) is 11.8 Å². The van der Waals surface area contributed by atoms with Crippen molar-refractivity contribution in [3.63, 3.8) is 0 Å². The Morgan fingerprint density at radius 2 is 2.19 bits per heavy atom. The number of anilines is 1. The number of hydrogen-bond acceptors (Lipinski definition) is 4. The molecular formula is C7H5BrF3N3OS. The van der Waals surface area contributed by atoms with Crippen molar-refractivity contribution >= 4 is 39.4 Å². The normalized spacial score (nSPS) is 11.3. The molecule has 16 heavy (non-hydrogen) atoms.